The van der Waals surface area contributed by atoms with Gasteiger partial charge in [0.2, 0.25) is 0 Å². The number of ketones is 1. The van der Waals surface area contributed by atoms with Gasteiger partial charge in [-0.25, -0.2) is 0 Å². The molecular formula is C18H10Cl2F3NO3. The van der Waals surface area contributed by atoms with Crippen molar-refractivity contribution in [2.24, 2.45) is 0 Å². The molecule has 0 N–H and O–H groups in total. The van der Waals surface area contributed by atoms with Crippen molar-refractivity contribution in [3.05, 3.63) is 63.6 Å². The molecule has 0 aliphatic carbocycles. The van der Waals surface area contributed by atoms with Gasteiger partial charge in [0, 0.05) is 6.54 Å². The van der Waals surface area contributed by atoms with Crippen molar-refractivity contribution in [1.82, 2.24) is 0 Å². The van der Waals surface area contributed by atoms with E-state index in [4.69, 9.17) is 23.2 Å². The lowest BCUT2D eigenvalue weighted by Gasteiger charge is -2.15. The number of anilines is 1. The molecule has 0 atom stereocenters. The normalized spacial score (nSPS) is 14.2. The van der Waals surface area contributed by atoms with Gasteiger partial charge in [-0.2, -0.15) is 0 Å². The van der Waals surface area contributed by atoms with Gasteiger partial charge in [-0.1, -0.05) is 41.4 Å². The zero-order valence-corrected chi connectivity index (χ0v) is 14.9. The predicted octanol–water partition coefficient (Wildman–Crippen LogP) is 5.13. The molecule has 3 rings (SSSR count). The summed E-state index contributed by atoms with van der Waals surface area (Å²) in [5, 5.41) is 0.772. The molecule has 0 bridgehead atoms. The summed E-state index contributed by atoms with van der Waals surface area (Å²) >= 11 is 11.8. The Morgan fingerprint density at radius 3 is 2.44 bits per heavy atom. The van der Waals surface area contributed by atoms with Crippen LogP contribution < -0.4 is 9.64 Å². The molecule has 0 aromatic heterocycles. The molecule has 0 fully saturated rings. The van der Waals surface area contributed by atoms with Gasteiger partial charge in [-0.15, -0.1) is 13.2 Å². The van der Waals surface area contributed by atoms with Crippen LogP contribution in [0.15, 0.2) is 42.5 Å². The summed E-state index contributed by atoms with van der Waals surface area (Å²) in [4.78, 5) is 25.4. The van der Waals surface area contributed by atoms with E-state index < -0.39 is 23.8 Å². The number of Topliss-reactive ketones (excluding diaryl/α,β-unsaturated/α-hetero) is 1. The highest BCUT2D eigenvalue weighted by molar-refractivity contribution is 6.52. The third kappa shape index (κ3) is 4.26. The Morgan fingerprint density at radius 2 is 1.78 bits per heavy atom. The van der Waals surface area contributed by atoms with Gasteiger partial charge >= 0.3 is 6.36 Å². The van der Waals surface area contributed by atoms with Gasteiger partial charge in [-0.05, 0) is 35.9 Å². The second-order valence-corrected chi connectivity index (χ2v) is 6.36. The summed E-state index contributed by atoms with van der Waals surface area (Å²) in [6, 6.07) is 8.17. The van der Waals surface area contributed by atoms with Crippen molar-refractivity contribution < 1.29 is 27.5 Å². The van der Waals surface area contributed by atoms with Crippen LogP contribution in [-0.4, -0.2) is 24.6 Å². The fourth-order valence-electron chi connectivity index (χ4n) is 2.57. The number of ether oxygens (including phenoxy) is 1. The van der Waals surface area contributed by atoms with E-state index in [9.17, 15) is 22.8 Å². The van der Waals surface area contributed by atoms with Crippen LogP contribution in [-0.2, 0) is 4.79 Å². The van der Waals surface area contributed by atoms with Crippen LogP contribution >= 0.6 is 23.2 Å². The smallest absolute Gasteiger partial charge is 0.406 e. The Balaban J connectivity index is 1.80. The fourth-order valence-corrected chi connectivity index (χ4v) is 2.87. The summed E-state index contributed by atoms with van der Waals surface area (Å²) < 4.78 is 40.7. The Labute approximate surface area is 161 Å². The second-order valence-electron chi connectivity index (χ2n) is 5.55. The number of benzene rings is 2. The standard InChI is InChI=1S/C18H10Cl2F3NO3/c19-13-5-3-10(8-14(13)20)2-1-7-24-15-6-4-11(27-18(21,22)23)9-12(15)16(25)17(24)26/h1-6,8-9H,7H2/b2-1+. The lowest BCUT2D eigenvalue weighted by Crippen LogP contribution is -2.29. The van der Waals surface area contributed by atoms with Crippen molar-refractivity contribution in [3.8, 4) is 5.75 Å². The molecule has 1 heterocycles. The minimum Gasteiger partial charge on any atom is -0.406 e. The quantitative estimate of drug-likeness (QED) is 0.649. The average molecular weight is 416 g/mol. The lowest BCUT2D eigenvalue weighted by molar-refractivity contribution is -0.274. The molecule has 9 heteroatoms. The van der Waals surface area contributed by atoms with Gasteiger partial charge in [0.05, 0.1) is 21.3 Å². The van der Waals surface area contributed by atoms with Crippen molar-refractivity contribution in [3.63, 3.8) is 0 Å². The monoisotopic (exact) mass is 415 g/mol. The van der Waals surface area contributed by atoms with E-state index in [0.717, 1.165) is 17.7 Å². The van der Waals surface area contributed by atoms with Gasteiger partial charge in [0.15, 0.2) is 0 Å². The van der Waals surface area contributed by atoms with E-state index >= 15 is 0 Å². The summed E-state index contributed by atoms with van der Waals surface area (Å²) in [7, 11) is 0. The molecule has 0 radical (unpaired) electrons. The first-order valence-corrected chi connectivity index (χ1v) is 8.29. The number of amides is 1. The number of fused-ring (bicyclic) bond motifs is 1. The first-order chi connectivity index (χ1) is 12.7. The lowest BCUT2D eigenvalue weighted by atomic mass is 10.1. The average Bonchev–Trinajstić information content (AvgIpc) is 2.81. The van der Waals surface area contributed by atoms with E-state index in [2.05, 4.69) is 4.74 Å². The van der Waals surface area contributed by atoms with Crippen molar-refractivity contribution in [2.45, 2.75) is 6.36 Å². The molecule has 2 aromatic carbocycles. The van der Waals surface area contributed by atoms with Crippen LogP contribution in [0, 0.1) is 0 Å². The first kappa shape index (κ1) is 19.3. The molecule has 2 aromatic rings. The fraction of sp³-hybridized carbons (Fsp3) is 0.111. The molecule has 1 amide bonds. The number of hydrogen-bond donors (Lipinski definition) is 0. The predicted molar refractivity (Wildman–Crippen MR) is 95.3 cm³/mol. The Kier molecular flexibility index (Phi) is 5.17. The van der Waals surface area contributed by atoms with Crippen molar-refractivity contribution >= 4 is 46.7 Å². The van der Waals surface area contributed by atoms with Gasteiger partial charge in [0.1, 0.15) is 5.75 Å². The molecule has 1 aliphatic rings. The van der Waals surface area contributed by atoms with E-state index in [1.54, 1.807) is 30.4 Å². The van der Waals surface area contributed by atoms with Gasteiger partial charge < -0.3 is 9.64 Å². The number of nitrogens with zero attached hydrogens (tertiary/aromatic N) is 1. The molecule has 0 saturated carbocycles. The molecule has 4 nitrogen and oxygen atoms in total. The number of alkyl halides is 3. The maximum atomic E-state index is 12.3. The van der Waals surface area contributed by atoms with E-state index in [1.807, 2.05) is 0 Å². The summed E-state index contributed by atoms with van der Waals surface area (Å²) in [5.74, 6) is -2.27. The highest BCUT2D eigenvalue weighted by Gasteiger charge is 2.37. The Morgan fingerprint density at radius 1 is 1.04 bits per heavy atom. The zero-order valence-electron chi connectivity index (χ0n) is 13.4. The van der Waals surface area contributed by atoms with E-state index in [-0.39, 0.29) is 17.8 Å². The second kappa shape index (κ2) is 7.25. The summed E-state index contributed by atoms with van der Waals surface area (Å²) in [6.07, 6.45) is -1.58. The van der Waals surface area contributed by atoms with Crippen LogP contribution in [0.5, 0.6) is 5.75 Å². The van der Waals surface area contributed by atoms with Crippen LogP contribution in [0.3, 0.4) is 0 Å². The largest absolute Gasteiger partial charge is 0.573 e. The van der Waals surface area contributed by atoms with Gasteiger partial charge in [-0.3, -0.25) is 9.59 Å². The van der Waals surface area contributed by atoms with Crippen LogP contribution in [0.4, 0.5) is 18.9 Å². The maximum absolute atomic E-state index is 12.3. The van der Waals surface area contributed by atoms with Gasteiger partial charge in [0.25, 0.3) is 11.7 Å². The molecule has 0 unspecified atom stereocenters. The molecule has 0 saturated heterocycles. The minimum atomic E-state index is -4.89. The highest BCUT2D eigenvalue weighted by atomic mass is 35.5. The summed E-state index contributed by atoms with van der Waals surface area (Å²) in [6.45, 7) is 0.0529. The SMILES string of the molecule is O=C1C(=O)N(C/C=C/c2ccc(Cl)c(Cl)c2)c2ccc(OC(F)(F)F)cc21. The Bertz CT molecular complexity index is 957. The number of halogens is 5. The zero-order chi connectivity index (χ0) is 19.8. The van der Waals surface area contributed by atoms with Crippen LogP contribution in [0.25, 0.3) is 6.08 Å². The number of rotatable bonds is 4. The third-order valence-electron chi connectivity index (χ3n) is 3.72. The topological polar surface area (TPSA) is 46.6 Å². The maximum Gasteiger partial charge on any atom is 0.573 e. The Hall–Kier alpha value is -2.51. The van der Waals surface area contributed by atoms with Crippen molar-refractivity contribution in [1.29, 1.82) is 0 Å². The molecule has 27 heavy (non-hydrogen) atoms. The van der Waals surface area contributed by atoms with Crippen LogP contribution in [0.1, 0.15) is 15.9 Å². The van der Waals surface area contributed by atoms with E-state index in [1.165, 1.54) is 11.0 Å². The third-order valence-corrected chi connectivity index (χ3v) is 4.46. The number of hydrogen-bond acceptors (Lipinski definition) is 3. The highest BCUT2D eigenvalue weighted by Crippen LogP contribution is 2.34. The van der Waals surface area contributed by atoms with Crippen LogP contribution in [0.2, 0.25) is 10.0 Å². The molecule has 140 valence electrons. The molecule has 0 spiro atoms. The molecular weight excluding hydrogens is 406 g/mol. The number of carbonyl (C=O) groups is 2. The number of carbonyl (C=O) groups excluding carboxylic acids is 2. The first-order valence-electron chi connectivity index (χ1n) is 7.53. The summed E-state index contributed by atoms with van der Waals surface area (Å²) in [5.41, 5.74) is 0.819. The van der Waals surface area contributed by atoms with Crippen molar-refractivity contribution in [2.75, 3.05) is 11.4 Å². The van der Waals surface area contributed by atoms with E-state index in [0.29, 0.717) is 10.0 Å². The minimum absolute atomic E-state index is 0.0529. The molecule has 1 aliphatic heterocycles.